The summed E-state index contributed by atoms with van der Waals surface area (Å²) in [4.78, 5) is 14.0. The summed E-state index contributed by atoms with van der Waals surface area (Å²) in [6, 6.07) is 9.59. The molecule has 0 saturated carbocycles. The topological polar surface area (TPSA) is 32.3 Å². The van der Waals surface area contributed by atoms with E-state index in [0.29, 0.717) is 29.4 Å². The van der Waals surface area contributed by atoms with Crippen LogP contribution >= 0.6 is 11.8 Å². The van der Waals surface area contributed by atoms with Crippen molar-refractivity contribution in [1.82, 2.24) is 10.2 Å². The highest BCUT2D eigenvalue weighted by Crippen LogP contribution is 2.46. The van der Waals surface area contributed by atoms with Crippen LogP contribution in [0.1, 0.15) is 77.3 Å². The first-order valence-corrected chi connectivity index (χ1v) is 13.5. The maximum absolute atomic E-state index is 11.3. The Morgan fingerprint density at radius 1 is 1.28 bits per heavy atom. The minimum absolute atomic E-state index is 0.291. The van der Waals surface area contributed by atoms with Crippen molar-refractivity contribution in [2.75, 3.05) is 31.6 Å². The van der Waals surface area contributed by atoms with Gasteiger partial charge in [-0.2, -0.15) is 11.8 Å². The quantitative estimate of drug-likeness (QED) is 0.457. The fourth-order valence-corrected chi connectivity index (χ4v) is 5.69. The lowest BCUT2D eigenvalue weighted by atomic mass is 9.70. The van der Waals surface area contributed by atoms with Gasteiger partial charge in [0.2, 0.25) is 0 Å². The Hall–Kier alpha value is -1.52. The van der Waals surface area contributed by atoms with Gasteiger partial charge >= 0.3 is 0 Å². The molecule has 1 aromatic carbocycles. The maximum atomic E-state index is 11.3. The SMILES string of the molecule is C=CC.CCC.CCCN1CC(CSCC(C)=O)CC2c3ccccc3/C(=C\NC)CC21. The summed E-state index contributed by atoms with van der Waals surface area (Å²) in [6.07, 6.45) is 8.77. The molecule has 1 N–H and O–H groups in total. The number of thioether (sulfide) groups is 1. The number of Topliss-reactive ketones (excluding diaryl/α,β-unsaturated/α-hetero) is 1. The van der Waals surface area contributed by atoms with Crippen molar-refractivity contribution in [3.05, 3.63) is 54.2 Å². The number of fused-ring (bicyclic) bond motifs is 3. The van der Waals surface area contributed by atoms with Gasteiger partial charge in [0.15, 0.2) is 0 Å². The van der Waals surface area contributed by atoms with Crippen LogP contribution in [0.3, 0.4) is 0 Å². The summed E-state index contributed by atoms with van der Waals surface area (Å²) >= 11 is 1.82. The van der Waals surface area contributed by atoms with Gasteiger partial charge in [-0.05, 0) is 68.0 Å². The zero-order valence-electron chi connectivity index (χ0n) is 21.3. The number of hydrogen-bond donors (Lipinski definition) is 1. The average molecular weight is 459 g/mol. The Morgan fingerprint density at radius 3 is 2.53 bits per heavy atom. The Morgan fingerprint density at radius 2 is 1.94 bits per heavy atom. The lowest BCUT2D eigenvalue weighted by molar-refractivity contribution is -0.114. The number of likely N-dealkylation sites (tertiary alicyclic amines) is 1. The second-order valence-corrected chi connectivity index (χ2v) is 9.88. The third kappa shape index (κ3) is 8.78. The molecule has 3 unspecified atom stereocenters. The highest BCUT2D eigenvalue weighted by molar-refractivity contribution is 7.99. The zero-order chi connectivity index (χ0) is 23.9. The molecule has 0 amide bonds. The predicted molar refractivity (Wildman–Crippen MR) is 144 cm³/mol. The fourth-order valence-electron chi connectivity index (χ4n) is 4.71. The molecule has 3 rings (SSSR count). The van der Waals surface area contributed by atoms with Gasteiger partial charge in [-0.15, -0.1) is 6.58 Å². The first kappa shape index (κ1) is 28.5. The van der Waals surface area contributed by atoms with Crippen molar-refractivity contribution in [2.24, 2.45) is 5.92 Å². The van der Waals surface area contributed by atoms with Crippen LogP contribution in [0.25, 0.3) is 5.57 Å². The van der Waals surface area contributed by atoms with Crippen molar-refractivity contribution in [1.29, 1.82) is 0 Å². The first-order valence-electron chi connectivity index (χ1n) is 12.3. The Labute approximate surface area is 202 Å². The van der Waals surface area contributed by atoms with E-state index in [0.717, 1.165) is 12.2 Å². The molecule has 1 heterocycles. The van der Waals surface area contributed by atoms with Crippen molar-refractivity contribution in [3.63, 3.8) is 0 Å². The normalized spacial score (nSPS) is 22.9. The van der Waals surface area contributed by atoms with Crippen LogP contribution < -0.4 is 5.32 Å². The van der Waals surface area contributed by atoms with Crippen LogP contribution in [0.5, 0.6) is 0 Å². The molecule has 1 aliphatic heterocycles. The van der Waals surface area contributed by atoms with E-state index in [1.165, 1.54) is 49.1 Å². The Balaban J connectivity index is 0.000000769. The standard InChI is InChI=1S/C22H32N2OS.C3H8.C3H6/c1-4-9-24-13-17(15-26-14-16(2)25)10-21-20-8-6-5-7-19(20)18(12-23-3)11-22(21)24;2*1-3-2/h5-8,12,17,21-23H,4,9-11,13-15H2,1-3H3;3H2,1-2H3;3H,1H2,2H3/b18-12-;;. The molecule has 3 atom stereocenters. The minimum atomic E-state index is 0.291. The van der Waals surface area contributed by atoms with Crippen molar-refractivity contribution >= 4 is 23.1 Å². The summed E-state index contributed by atoms with van der Waals surface area (Å²) in [6.45, 7) is 15.8. The minimum Gasteiger partial charge on any atom is -0.394 e. The Kier molecular flexibility index (Phi) is 14.4. The second kappa shape index (κ2) is 16.1. The van der Waals surface area contributed by atoms with Crippen LogP contribution in [0.15, 0.2) is 43.1 Å². The molecule has 2 aliphatic rings. The number of carbonyl (C=O) groups is 1. The Bertz CT molecular complexity index is 715. The molecule has 32 heavy (non-hydrogen) atoms. The third-order valence-corrected chi connectivity index (χ3v) is 6.95. The van der Waals surface area contributed by atoms with Crippen molar-refractivity contribution in [3.8, 4) is 0 Å². The number of allylic oxidation sites excluding steroid dienone is 1. The number of benzene rings is 1. The molecule has 0 bridgehead atoms. The van der Waals surface area contributed by atoms with E-state index >= 15 is 0 Å². The number of carbonyl (C=O) groups excluding carboxylic acids is 1. The first-order chi connectivity index (χ1) is 15.5. The van der Waals surface area contributed by atoms with E-state index in [-0.39, 0.29) is 0 Å². The van der Waals surface area contributed by atoms with Crippen molar-refractivity contribution < 1.29 is 4.79 Å². The maximum Gasteiger partial charge on any atom is 0.139 e. The second-order valence-electron chi connectivity index (χ2n) is 8.85. The predicted octanol–water partition coefficient (Wildman–Crippen LogP) is 6.77. The lowest BCUT2D eigenvalue weighted by Gasteiger charge is -2.48. The third-order valence-electron chi connectivity index (χ3n) is 5.64. The largest absolute Gasteiger partial charge is 0.394 e. The number of ketones is 1. The molecule has 1 aliphatic carbocycles. The molecule has 1 fully saturated rings. The summed E-state index contributed by atoms with van der Waals surface area (Å²) < 4.78 is 0. The van der Waals surface area contributed by atoms with Crippen LogP contribution in [0.2, 0.25) is 0 Å². The highest BCUT2D eigenvalue weighted by atomic mass is 32.2. The molecule has 1 saturated heterocycles. The van der Waals surface area contributed by atoms with Gasteiger partial charge < -0.3 is 5.32 Å². The van der Waals surface area contributed by atoms with E-state index in [9.17, 15) is 4.79 Å². The van der Waals surface area contributed by atoms with Gasteiger partial charge in [0.05, 0.1) is 5.75 Å². The average Bonchev–Trinajstić information content (AvgIpc) is 2.76. The van der Waals surface area contributed by atoms with Gasteiger partial charge in [0, 0.05) is 31.8 Å². The van der Waals surface area contributed by atoms with E-state index in [1.54, 1.807) is 13.0 Å². The lowest BCUT2D eigenvalue weighted by Crippen LogP contribution is -2.50. The monoisotopic (exact) mass is 458 g/mol. The summed E-state index contributed by atoms with van der Waals surface area (Å²) in [7, 11) is 1.99. The van der Waals surface area contributed by atoms with Crippen LogP contribution in [-0.4, -0.2) is 48.4 Å². The van der Waals surface area contributed by atoms with E-state index < -0.39 is 0 Å². The number of nitrogens with one attached hydrogen (secondary N) is 1. The number of rotatable bonds is 7. The van der Waals surface area contributed by atoms with Gasteiger partial charge in [-0.3, -0.25) is 9.69 Å². The molecule has 0 radical (unpaired) electrons. The van der Waals surface area contributed by atoms with Crippen LogP contribution in [0, 0.1) is 5.92 Å². The molecule has 1 aromatic rings. The molecule has 0 aromatic heterocycles. The highest BCUT2D eigenvalue weighted by Gasteiger charge is 2.40. The molecular weight excluding hydrogens is 412 g/mol. The van der Waals surface area contributed by atoms with Gasteiger partial charge in [0.25, 0.3) is 0 Å². The molecule has 0 spiro atoms. The summed E-state index contributed by atoms with van der Waals surface area (Å²) in [5.41, 5.74) is 4.39. The van der Waals surface area contributed by atoms with E-state index in [1.807, 2.05) is 25.7 Å². The number of hydrogen-bond acceptors (Lipinski definition) is 4. The number of piperidine rings is 1. The molecule has 4 heteroatoms. The molecule has 3 nitrogen and oxygen atoms in total. The van der Waals surface area contributed by atoms with Gasteiger partial charge in [-0.25, -0.2) is 0 Å². The summed E-state index contributed by atoms with van der Waals surface area (Å²) in [5, 5.41) is 3.25. The number of nitrogens with zero attached hydrogens (tertiary/aromatic N) is 1. The fraction of sp³-hybridized carbons (Fsp3) is 0.607. The summed E-state index contributed by atoms with van der Waals surface area (Å²) in [5.74, 6) is 3.34. The van der Waals surface area contributed by atoms with E-state index in [2.05, 4.69) is 68.0 Å². The smallest absolute Gasteiger partial charge is 0.139 e. The van der Waals surface area contributed by atoms with Gasteiger partial charge in [0.1, 0.15) is 5.78 Å². The van der Waals surface area contributed by atoms with Gasteiger partial charge in [-0.1, -0.05) is 57.5 Å². The van der Waals surface area contributed by atoms with Crippen molar-refractivity contribution in [2.45, 2.75) is 72.3 Å². The molecule has 180 valence electrons. The molecular formula is C28H46N2OS. The van der Waals surface area contributed by atoms with Crippen LogP contribution in [-0.2, 0) is 4.79 Å². The van der Waals surface area contributed by atoms with Crippen LogP contribution in [0.4, 0.5) is 0 Å². The zero-order valence-corrected chi connectivity index (χ0v) is 22.1. The van der Waals surface area contributed by atoms with E-state index in [4.69, 9.17) is 0 Å².